The van der Waals surface area contributed by atoms with Crippen molar-refractivity contribution < 1.29 is 14.8 Å². The molecule has 0 fully saturated rings. The van der Waals surface area contributed by atoms with Gasteiger partial charge in [-0.05, 0) is 32.3 Å². The van der Waals surface area contributed by atoms with Crippen LogP contribution in [0.25, 0.3) is 0 Å². The lowest BCUT2D eigenvalue weighted by Gasteiger charge is -2.16. The summed E-state index contributed by atoms with van der Waals surface area (Å²) in [5.74, 6) is -1.19. The van der Waals surface area contributed by atoms with Crippen molar-refractivity contribution >= 4 is 11.7 Å². The highest BCUT2D eigenvalue weighted by atomic mass is 16.6. The molecule has 1 N–H and O–H groups in total. The van der Waals surface area contributed by atoms with Gasteiger partial charge in [0.25, 0.3) is 11.2 Å². The van der Waals surface area contributed by atoms with Crippen LogP contribution in [0, 0.1) is 24.0 Å². The number of nitrogens with zero attached hydrogens (tertiary/aromatic N) is 2. The third-order valence-corrected chi connectivity index (χ3v) is 3.90. The minimum Gasteiger partial charge on any atom is -0.480 e. The van der Waals surface area contributed by atoms with Crippen LogP contribution in [-0.4, -0.2) is 20.6 Å². The number of rotatable bonds is 6. The van der Waals surface area contributed by atoms with Gasteiger partial charge in [-0.15, -0.1) is 0 Å². The van der Waals surface area contributed by atoms with Gasteiger partial charge in [0.1, 0.15) is 6.04 Å². The number of aryl methyl sites for hydroxylation is 3. The van der Waals surface area contributed by atoms with Crippen LogP contribution >= 0.6 is 0 Å². The largest absolute Gasteiger partial charge is 0.480 e. The summed E-state index contributed by atoms with van der Waals surface area (Å²) < 4.78 is 0.932. The molecule has 7 heteroatoms. The van der Waals surface area contributed by atoms with Crippen molar-refractivity contribution in [2.45, 2.75) is 32.7 Å². The molecule has 126 valence electrons. The van der Waals surface area contributed by atoms with Crippen LogP contribution in [-0.2, 0) is 11.2 Å². The average Bonchev–Trinajstić information content (AvgIpc) is 2.50. The molecular weight excluding hydrogens is 312 g/mol. The van der Waals surface area contributed by atoms with E-state index in [0.717, 1.165) is 28.0 Å². The Balaban J connectivity index is 2.32. The lowest BCUT2D eigenvalue weighted by Crippen LogP contribution is -2.30. The second-order valence-corrected chi connectivity index (χ2v) is 5.72. The summed E-state index contributed by atoms with van der Waals surface area (Å²) in [5, 5.41) is 20.5. The van der Waals surface area contributed by atoms with E-state index in [1.807, 2.05) is 31.2 Å². The smallest absolute Gasteiger partial charge is 0.326 e. The van der Waals surface area contributed by atoms with E-state index in [1.165, 1.54) is 6.92 Å². The highest BCUT2D eigenvalue weighted by Crippen LogP contribution is 2.20. The maximum Gasteiger partial charge on any atom is 0.326 e. The zero-order valence-corrected chi connectivity index (χ0v) is 13.4. The number of aromatic nitrogens is 1. The molecule has 2 rings (SSSR count). The van der Waals surface area contributed by atoms with Gasteiger partial charge in [0, 0.05) is 11.6 Å². The number of pyridine rings is 1. The SMILES string of the molecule is Cc1ccc(CCC(C(=O)O)n2cc([N+](=O)[O-])c(C)cc2=O)cc1. The molecule has 0 aliphatic carbocycles. The van der Waals surface area contributed by atoms with Crippen molar-refractivity contribution in [3.05, 3.63) is 73.7 Å². The maximum atomic E-state index is 12.1. The summed E-state index contributed by atoms with van der Waals surface area (Å²) >= 11 is 0. The molecule has 0 aliphatic heterocycles. The number of nitro groups is 1. The fourth-order valence-corrected chi connectivity index (χ4v) is 2.51. The maximum absolute atomic E-state index is 12.1. The summed E-state index contributed by atoms with van der Waals surface area (Å²) in [5.41, 5.74) is 1.43. The van der Waals surface area contributed by atoms with Gasteiger partial charge >= 0.3 is 5.97 Å². The van der Waals surface area contributed by atoms with Crippen molar-refractivity contribution in [3.63, 3.8) is 0 Å². The number of carbonyl (C=O) groups is 1. The lowest BCUT2D eigenvalue weighted by atomic mass is 10.0. The highest BCUT2D eigenvalue weighted by molar-refractivity contribution is 5.72. The first-order valence-corrected chi connectivity index (χ1v) is 7.45. The van der Waals surface area contributed by atoms with Crippen LogP contribution in [0.15, 0.2) is 41.3 Å². The highest BCUT2D eigenvalue weighted by Gasteiger charge is 2.24. The first-order valence-electron chi connectivity index (χ1n) is 7.45. The predicted molar refractivity (Wildman–Crippen MR) is 88.3 cm³/mol. The molecule has 0 amide bonds. The van der Waals surface area contributed by atoms with Crippen LogP contribution in [0.2, 0.25) is 0 Å². The summed E-state index contributed by atoms with van der Waals surface area (Å²) in [7, 11) is 0. The Bertz CT molecular complexity index is 824. The third-order valence-electron chi connectivity index (χ3n) is 3.90. The Labute approximate surface area is 138 Å². The van der Waals surface area contributed by atoms with E-state index in [-0.39, 0.29) is 17.7 Å². The number of carboxylic acid groups (broad SMARTS) is 1. The number of aliphatic carboxylic acids is 1. The molecule has 0 spiro atoms. The first-order chi connectivity index (χ1) is 11.3. The first kappa shape index (κ1) is 17.4. The Kier molecular flexibility index (Phi) is 5.13. The minimum atomic E-state index is -1.19. The molecule has 0 bridgehead atoms. The predicted octanol–water partition coefficient (Wildman–Crippen LogP) is 2.63. The number of benzene rings is 1. The van der Waals surface area contributed by atoms with E-state index in [9.17, 15) is 24.8 Å². The van der Waals surface area contributed by atoms with E-state index in [4.69, 9.17) is 0 Å². The second-order valence-electron chi connectivity index (χ2n) is 5.72. The zero-order valence-electron chi connectivity index (χ0n) is 13.4. The van der Waals surface area contributed by atoms with Crippen molar-refractivity contribution in [1.29, 1.82) is 0 Å². The quantitative estimate of drug-likeness (QED) is 0.648. The molecule has 24 heavy (non-hydrogen) atoms. The van der Waals surface area contributed by atoms with E-state index in [0.29, 0.717) is 6.42 Å². The molecule has 0 radical (unpaired) electrons. The average molecular weight is 330 g/mol. The minimum absolute atomic E-state index is 0.165. The molecule has 1 heterocycles. The van der Waals surface area contributed by atoms with Gasteiger partial charge in [0.2, 0.25) is 0 Å². The molecule has 2 aromatic rings. The second kappa shape index (κ2) is 7.08. The normalized spacial score (nSPS) is 11.9. The lowest BCUT2D eigenvalue weighted by molar-refractivity contribution is -0.386. The van der Waals surface area contributed by atoms with Gasteiger partial charge in [-0.25, -0.2) is 4.79 Å². The van der Waals surface area contributed by atoms with Gasteiger partial charge in [-0.3, -0.25) is 19.5 Å². The van der Waals surface area contributed by atoms with Crippen LogP contribution in [0.1, 0.15) is 29.2 Å². The van der Waals surface area contributed by atoms with Gasteiger partial charge in [-0.2, -0.15) is 0 Å². The summed E-state index contributed by atoms with van der Waals surface area (Å²) in [4.78, 5) is 34.1. The Hall–Kier alpha value is -2.96. The fraction of sp³-hybridized carbons (Fsp3) is 0.294. The molecular formula is C17H18N2O5. The van der Waals surface area contributed by atoms with Crippen molar-refractivity contribution in [2.24, 2.45) is 0 Å². The fourth-order valence-electron chi connectivity index (χ4n) is 2.51. The molecule has 0 saturated carbocycles. The van der Waals surface area contributed by atoms with Gasteiger partial charge < -0.3 is 5.11 Å². The molecule has 1 aromatic heterocycles. The van der Waals surface area contributed by atoms with E-state index in [2.05, 4.69) is 0 Å². The molecule has 1 aromatic carbocycles. The Morgan fingerprint density at radius 1 is 1.29 bits per heavy atom. The van der Waals surface area contributed by atoms with Crippen LogP contribution in [0.4, 0.5) is 5.69 Å². The number of hydrogen-bond donors (Lipinski definition) is 1. The van der Waals surface area contributed by atoms with Crippen LogP contribution in [0.5, 0.6) is 0 Å². The van der Waals surface area contributed by atoms with Crippen LogP contribution < -0.4 is 5.56 Å². The molecule has 1 atom stereocenters. The molecule has 0 aliphatic rings. The van der Waals surface area contributed by atoms with Crippen molar-refractivity contribution in [1.82, 2.24) is 4.57 Å². The van der Waals surface area contributed by atoms with Crippen molar-refractivity contribution in [3.8, 4) is 0 Å². The van der Waals surface area contributed by atoms with E-state index in [1.54, 1.807) is 0 Å². The molecule has 7 nitrogen and oxygen atoms in total. The van der Waals surface area contributed by atoms with Gasteiger partial charge in [0.15, 0.2) is 0 Å². The van der Waals surface area contributed by atoms with E-state index >= 15 is 0 Å². The third kappa shape index (κ3) is 3.87. The zero-order chi connectivity index (χ0) is 17.9. The Morgan fingerprint density at radius 3 is 2.46 bits per heavy atom. The van der Waals surface area contributed by atoms with Gasteiger partial charge in [-0.1, -0.05) is 29.8 Å². The monoisotopic (exact) mass is 330 g/mol. The standard InChI is InChI=1S/C17H18N2O5/c1-11-3-5-13(6-4-11)7-8-14(17(21)22)18-10-15(19(23)24)12(2)9-16(18)20/h3-6,9-10,14H,7-8H2,1-2H3,(H,21,22). The number of hydrogen-bond acceptors (Lipinski definition) is 4. The summed E-state index contributed by atoms with van der Waals surface area (Å²) in [6.45, 7) is 3.40. The van der Waals surface area contributed by atoms with Gasteiger partial charge in [0.05, 0.1) is 11.1 Å². The Morgan fingerprint density at radius 2 is 1.92 bits per heavy atom. The number of carboxylic acids is 1. The van der Waals surface area contributed by atoms with Crippen molar-refractivity contribution in [2.75, 3.05) is 0 Å². The summed E-state index contributed by atoms with van der Waals surface area (Å²) in [6, 6.07) is 7.59. The molecule has 0 saturated heterocycles. The molecule has 1 unspecified atom stereocenters. The summed E-state index contributed by atoms with van der Waals surface area (Å²) in [6.07, 6.45) is 1.63. The topological polar surface area (TPSA) is 102 Å². The van der Waals surface area contributed by atoms with Crippen LogP contribution in [0.3, 0.4) is 0 Å². The van der Waals surface area contributed by atoms with E-state index < -0.39 is 22.5 Å².